The first kappa shape index (κ1) is 40.5. The number of aldehydes is 1. The van der Waals surface area contributed by atoms with Crippen LogP contribution >= 0.6 is 0 Å². The van der Waals surface area contributed by atoms with E-state index in [4.69, 9.17) is 18.0 Å². The molecule has 2 rings (SSSR count). The Labute approximate surface area is 286 Å². The van der Waals surface area contributed by atoms with E-state index in [0.717, 1.165) is 18.1 Å². The number of hydrogen-bond donors (Lipinski definition) is 1. The van der Waals surface area contributed by atoms with Crippen LogP contribution in [0.4, 0.5) is 5.69 Å². The quantitative estimate of drug-likeness (QED) is 0.0942. The van der Waals surface area contributed by atoms with Crippen LogP contribution in [-0.4, -0.2) is 68.9 Å². The van der Waals surface area contributed by atoms with Gasteiger partial charge in [-0.25, -0.2) is 0 Å². The van der Waals surface area contributed by atoms with Gasteiger partial charge in [-0.05, 0) is 80.2 Å². The number of benzene rings is 2. The Kier molecular flexibility index (Phi) is 14.3. The molecule has 8 nitrogen and oxygen atoms in total. The van der Waals surface area contributed by atoms with Crippen molar-refractivity contribution in [3.05, 3.63) is 65.7 Å². The van der Waals surface area contributed by atoms with E-state index in [1.807, 2.05) is 25.7 Å². The van der Waals surface area contributed by atoms with Gasteiger partial charge in [0.05, 0.1) is 31.1 Å². The van der Waals surface area contributed by atoms with Gasteiger partial charge in [-0.15, -0.1) is 0 Å². The average molecular weight is 700 g/mol. The first-order valence-corrected chi connectivity index (χ1v) is 25.4. The van der Waals surface area contributed by atoms with Gasteiger partial charge in [0.2, 0.25) is 0 Å². The van der Waals surface area contributed by atoms with Crippen molar-refractivity contribution in [1.29, 1.82) is 0 Å². The minimum atomic E-state index is -2.35. The number of ether oxygens (including phenoxy) is 1. The summed E-state index contributed by atoms with van der Waals surface area (Å²) in [6.07, 6.45) is -1.02. The Morgan fingerprint density at radius 3 is 1.98 bits per heavy atom. The lowest BCUT2D eigenvalue weighted by Crippen LogP contribution is -2.54. The summed E-state index contributed by atoms with van der Waals surface area (Å²) in [6.45, 7) is 28.0. The van der Waals surface area contributed by atoms with Crippen LogP contribution in [0.1, 0.15) is 67.8 Å². The zero-order chi connectivity index (χ0) is 35.8. The highest BCUT2D eigenvalue weighted by Crippen LogP contribution is 2.39. The number of anilines is 1. The maximum atomic E-state index is 14.8. The van der Waals surface area contributed by atoms with Crippen molar-refractivity contribution in [3.63, 3.8) is 0 Å². The molecular weight excluding hydrogens is 643 g/mol. The second-order valence-corrected chi connectivity index (χ2v) is 28.5. The van der Waals surface area contributed by atoms with Crippen LogP contribution in [0, 0.1) is 0 Å². The Morgan fingerprint density at radius 1 is 0.936 bits per heavy atom. The molecule has 1 amide bonds. The summed E-state index contributed by atoms with van der Waals surface area (Å²) in [5, 5.41) is 2.84. The van der Waals surface area contributed by atoms with Crippen LogP contribution in [0.2, 0.25) is 55.9 Å². The number of carbonyl (C=O) groups excluding carboxylic acids is 3. The first-order valence-electron chi connectivity index (χ1n) is 16.5. The van der Waals surface area contributed by atoms with Crippen LogP contribution in [-0.2, 0) is 18.1 Å². The number of nitrogens with one attached hydrogen (secondary N) is 1. The van der Waals surface area contributed by atoms with Gasteiger partial charge in [-0.1, -0.05) is 66.3 Å². The predicted molar refractivity (Wildman–Crippen MR) is 200 cm³/mol. The van der Waals surface area contributed by atoms with E-state index in [9.17, 15) is 14.4 Å². The van der Waals surface area contributed by atoms with E-state index in [1.165, 1.54) is 19.2 Å². The van der Waals surface area contributed by atoms with Gasteiger partial charge in [0.1, 0.15) is 18.1 Å². The number of hydrogen-bond acceptors (Lipinski definition) is 7. The number of Topliss-reactive ketones (excluding diaryl/α,β-unsaturated/α-hetero) is 1. The molecule has 2 aromatic carbocycles. The van der Waals surface area contributed by atoms with Gasteiger partial charge in [0, 0.05) is 16.7 Å². The molecule has 0 unspecified atom stereocenters. The number of carbonyl (C=O) groups is 3. The van der Waals surface area contributed by atoms with Crippen LogP contribution in [0.3, 0.4) is 0 Å². The van der Waals surface area contributed by atoms with E-state index in [0.29, 0.717) is 11.8 Å². The molecule has 0 aliphatic carbocycles. The number of methoxy groups -OCH3 is 1. The van der Waals surface area contributed by atoms with Crippen LogP contribution < -0.4 is 10.1 Å². The van der Waals surface area contributed by atoms with Crippen molar-refractivity contribution in [2.75, 3.05) is 19.0 Å². The molecule has 0 saturated carbocycles. The molecule has 0 aliphatic heterocycles. The summed E-state index contributed by atoms with van der Waals surface area (Å²) in [5.41, 5.74) is 1.30. The van der Waals surface area contributed by atoms with Crippen molar-refractivity contribution < 1.29 is 32.4 Å². The van der Waals surface area contributed by atoms with Crippen molar-refractivity contribution in [3.8, 4) is 5.75 Å². The largest absolute Gasteiger partial charge is 0.496 e. The van der Waals surface area contributed by atoms with Crippen LogP contribution in [0.5, 0.6) is 5.75 Å². The summed E-state index contributed by atoms with van der Waals surface area (Å²) in [6, 6.07) is 14.4. The average Bonchev–Trinajstić information content (AvgIpc) is 3.02. The number of amides is 1. The lowest BCUT2D eigenvalue weighted by Gasteiger charge is -2.42. The second kappa shape index (κ2) is 16.6. The Bertz CT molecular complexity index is 1390. The van der Waals surface area contributed by atoms with Gasteiger partial charge in [0.25, 0.3) is 5.91 Å². The lowest BCUT2D eigenvalue weighted by atomic mass is 9.94. The second-order valence-electron chi connectivity index (χ2n) is 14.5. The van der Waals surface area contributed by atoms with Gasteiger partial charge in [-0.2, -0.15) is 0 Å². The van der Waals surface area contributed by atoms with E-state index in [-0.39, 0.29) is 45.6 Å². The first-order chi connectivity index (χ1) is 21.8. The summed E-state index contributed by atoms with van der Waals surface area (Å²) in [7, 11) is -5.38. The molecule has 0 aliphatic rings. The molecule has 11 heteroatoms. The molecule has 47 heavy (non-hydrogen) atoms. The summed E-state index contributed by atoms with van der Waals surface area (Å²) >= 11 is 0. The maximum absolute atomic E-state index is 14.8. The lowest BCUT2D eigenvalue weighted by molar-refractivity contribution is -0.126. The fourth-order valence-corrected chi connectivity index (χ4v) is 9.91. The standard InChI is InChI=1S/C36H57NO7Si3/c1-14-47(15-2,16-3)43-31(25-42-46(12,13)36(5,6)7)34(44-45(9,10)11)33(39)26(4)32-29(22-27(24-38)23-30(32)41-8)37-35(40)28-20-18-17-19-21-28/h17-24,31,34H,4,14-16,25H2,1-3,5-13H3,(H,37,40)/t31-,34-/m1/s1. The minimum absolute atomic E-state index is 0.0470. The zero-order valence-electron chi connectivity index (χ0n) is 30.7. The SMILES string of the molecule is C=C(C(=O)[C@H](O[Si](C)(C)C)[C@@H](CO[Si](C)(C)C(C)(C)C)O[Si](CC)(CC)CC)c1c(NC(=O)c2ccccc2)cc(C=O)cc1OC. The molecule has 260 valence electrons. The van der Waals surface area contributed by atoms with Crippen LogP contribution in [0.15, 0.2) is 49.0 Å². The third kappa shape index (κ3) is 10.7. The molecule has 2 aromatic rings. The number of rotatable bonds is 18. The van der Waals surface area contributed by atoms with Crippen LogP contribution in [0.25, 0.3) is 5.57 Å². The van der Waals surface area contributed by atoms with Gasteiger partial charge in [-0.3, -0.25) is 14.4 Å². The van der Waals surface area contributed by atoms with Crippen molar-refractivity contribution in [2.45, 2.75) is 110 Å². The highest BCUT2D eigenvalue weighted by molar-refractivity contribution is 6.74. The van der Waals surface area contributed by atoms with Crippen molar-refractivity contribution >= 4 is 54.2 Å². The third-order valence-corrected chi connectivity index (χ3v) is 19.3. The zero-order valence-corrected chi connectivity index (χ0v) is 33.7. The summed E-state index contributed by atoms with van der Waals surface area (Å²) in [4.78, 5) is 40.0. The third-order valence-electron chi connectivity index (χ3n) is 9.19. The van der Waals surface area contributed by atoms with Crippen molar-refractivity contribution in [1.82, 2.24) is 0 Å². The molecule has 0 spiro atoms. The number of ketones is 1. The summed E-state index contributed by atoms with van der Waals surface area (Å²) in [5.74, 6) is -0.548. The molecule has 2 atom stereocenters. The smallest absolute Gasteiger partial charge is 0.255 e. The van der Waals surface area contributed by atoms with Gasteiger partial charge in [0.15, 0.2) is 30.7 Å². The highest BCUT2D eigenvalue weighted by Gasteiger charge is 2.44. The highest BCUT2D eigenvalue weighted by atomic mass is 28.4. The summed E-state index contributed by atoms with van der Waals surface area (Å²) < 4.78 is 26.2. The Hall–Kier alpha value is -2.68. The monoisotopic (exact) mass is 699 g/mol. The molecule has 0 aromatic heterocycles. The Morgan fingerprint density at radius 2 is 1.51 bits per heavy atom. The molecule has 0 heterocycles. The fraction of sp³-hybridized carbons (Fsp3) is 0.528. The molecule has 0 saturated heterocycles. The van der Waals surface area contributed by atoms with E-state index in [2.05, 4.69) is 66.5 Å². The van der Waals surface area contributed by atoms with E-state index >= 15 is 0 Å². The van der Waals surface area contributed by atoms with E-state index in [1.54, 1.807) is 24.3 Å². The maximum Gasteiger partial charge on any atom is 0.255 e. The van der Waals surface area contributed by atoms with Gasteiger partial charge < -0.3 is 23.3 Å². The van der Waals surface area contributed by atoms with E-state index < -0.39 is 43.1 Å². The molecule has 1 N–H and O–H groups in total. The topological polar surface area (TPSA) is 100 Å². The molecule has 0 bridgehead atoms. The normalized spacial score (nSPS) is 13.9. The van der Waals surface area contributed by atoms with Crippen molar-refractivity contribution in [2.24, 2.45) is 0 Å². The predicted octanol–water partition coefficient (Wildman–Crippen LogP) is 8.97. The fourth-order valence-electron chi connectivity index (χ4n) is 5.05. The molecule has 0 fully saturated rings. The minimum Gasteiger partial charge on any atom is -0.496 e. The Balaban J connectivity index is 2.74. The molecular formula is C36H57NO7Si3. The van der Waals surface area contributed by atoms with Gasteiger partial charge >= 0.3 is 0 Å². The molecule has 0 radical (unpaired) electrons.